The predicted octanol–water partition coefficient (Wildman–Crippen LogP) is 10.8. The van der Waals surface area contributed by atoms with Crippen molar-refractivity contribution < 1.29 is 4.57 Å². The van der Waals surface area contributed by atoms with Crippen molar-refractivity contribution in [3.8, 4) is 11.1 Å². The van der Waals surface area contributed by atoms with Gasteiger partial charge in [-0.15, -0.1) is 0 Å². The largest absolute Gasteiger partial charge is 0.309 e. The summed E-state index contributed by atoms with van der Waals surface area (Å²) in [6.45, 7) is 0. The molecular weight excluding hydrogens is 575 g/mol. The Balaban J connectivity index is 1.33. The second-order valence-electron chi connectivity index (χ2n) is 12.0. The third kappa shape index (κ3) is 4.06. The minimum Gasteiger partial charge on any atom is -0.309 e. The lowest BCUT2D eigenvalue weighted by Crippen LogP contribution is -2.25. The summed E-state index contributed by atoms with van der Waals surface area (Å²) >= 11 is 0. The highest BCUT2D eigenvalue weighted by Crippen LogP contribution is 2.46. The lowest BCUT2D eigenvalue weighted by atomic mass is 9.87. The van der Waals surface area contributed by atoms with Crippen LogP contribution >= 0.6 is 7.14 Å². The minimum absolute atomic E-state index is 0.832. The molecule has 2 heteroatoms. The van der Waals surface area contributed by atoms with Crippen LogP contribution in [-0.4, -0.2) is 0 Å². The van der Waals surface area contributed by atoms with Gasteiger partial charge in [0.15, 0.2) is 7.14 Å². The molecule has 1 nitrogen and oxygen atoms in total. The number of benzene rings is 9. The van der Waals surface area contributed by atoms with Crippen molar-refractivity contribution in [3.63, 3.8) is 0 Å². The molecule has 9 aromatic carbocycles. The van der Waals surface area contributed by atoms with Gasteiger partial charge in [-0.25, -0.2) is 0 Å². The van der Waals surface area contributed by atoms with Crippen LogP contribution in [0.1, 0.15) is 0 Å². The van der Waals surface area contributed by atoms with Gasteiger partial charge in [0.05, 0.1) is 0 Å². The topological polar surface area (TPSA) is 17.1 Å². The van der Waals surface area contributed by atoms with E-state index < -0.39 is 7.14 Å². The summed E-state index contributed by atoms with van der Waals surface area (Å²) in [5, 5.41) is 14.5. The van der Waals surface area contributed by atoms with E-state index in [-0.39, 0.29) is 0 Å². The van der Waals surface area contributed by atoms with Crippen molar-refractivity contribution in [2.24, 2.45) is 0 Å². The number of rotatable bonds is 4. The first-order valence-corrected chi connectivity index (χ1v) is 17.4. The number of hydrogen-bond donors (Lipinski definition) is 0. The molecule has 1 unspecified atom stereocenters. The van der Waals surface area contributed by atoms with Gasteiger partial charge >= 0.3 is 0 Å². The molecule has 0 saturated carbocycles. The summed E-state index contributed by atoms with van der Waals surface area (Å²) in [6.07, 6.45) is 0. The van der Waals surface area contributed by atoms with Crippen LogP contribution in [0, 0.1) is 0 Å². The Labute approximate surface area is 267 Å². The molecule has 0 saturated heterocycles. The van der Waals surface area contributed by atoms with Gasteiger partial charge in [-0.2, -0.15) is 0 Å². The lowest BCUT2D eigenvalue weighted by Gasteiger charge is -2.22. The van der Waals surface area contributed by atoms with Gasteiger partial charge < -0.3 is 4.57 Å². The minimum atomic E-state index is -3.20. The molecule has 0 aromatic heterocycles. The van der Waals surface area contributed by atoms with Gasteiger partial charge in [0.1, 0.15) is 0 Å². The summed E-state index contributed by atoms with van der Waals surface area (Å²) in [7, 11) is -3.20. The van der Waals surface area contributed by atoms with Crippen LogP contribution in [0.15, 0.2) is 176 Å². The van der Waals surface area contributed by atoms with Crippen molar-refractivity contribution in [1.29, 1.82) is 0 Å². The van der Waals surface area contributed by atoms with Crippen molar-refractivity contribution >= 4 is 76.9 Å². The van der Waals surface area contributed by atoms with Crippen LogP contribution in [0.25, 0.3) is 65.0 Å². The highest BCUT2D eigenvalue weighted by atomic mass is 31.2. The first-order chi connectivity index (χ1) is 22.7. The van der Waals surface area contributed by atoms with Crippen LogP contribution in [0.4, 0.5) is 0 Å². The van der Waals surface area contributed by atoms with E-state index in [1.54, 1.807) is 0 Å². The van der Waals surface area contributed by atoms with Crippen LogP contribution in [0.5, 0.6) is 0 Å². The van der Waals surface area contributed by atoms with Gasteiger partial charge in [-0.3, -0.25) is 0 Å². The van der Waals surface area contributed by atoms with E-state index in [9.17, 15) is 0 Å². The molecule has 9 rings (SSSR count). The maximum Gasteiger partial charge on any atom is 0.171 e. The second kappa shape index (κ2) is 10.6. The van der Waals surface area contributed by atoms with E-state index >= 15 is 4.57 Å². The monoisotopic (exact) mass is 604 g/mol. The van der Waals surface area contributed by atoms with Gasteiger partial charge in [0.2, 0.25) is 0 Å². The normalized spacial score (nSPS) is 13.0. The fourth-order valence-electron chi connectivity index (χ4n) is 7.33. The smallest absolute Gasteiger partial charge is 0.171 e. The van der Waals surface area contributed by atoms with E-state index in [0.717, 1.165) is 32.2 Å². The van der Waals surface area contributed by atoms with E-state index in [0.29, 0.717) is 0 Å². The molecule has 46 heavy (non-hydrogen) atoms. The quantitative estimate of drug-likeness (QED) is 0.111. The molecule has 1 atom stereocenters. The molecule has 0 aliphatic rings. The molecule has 0 N–H and O–H groups in total. The summed E-state index contributed by atoms with van der Waals surface area (Å²) in [4.78, 5) is 0. The van der Waals surface area contributed by atoms with Gasteiger partial charge in [0, 0.05) is 15.9 Å². The molecule has 216 valence electrons. The maximum atomic E-state index is 15.6. The Hall–Kier alpha value is -5.49. The van der Waals surface area contributed by atoms with Crippen LogP contribution in [0.2, 0.25) is 0 Å². The Kier molecular flexibility index (Phi) is 6.17. The van der Waals surface area contributed by atoms with Crippen molar-refractivity contribution in [2.75, 3.05) is 0 Å². The zero-order chi connectivity index (χ0) is 30.7. The van der Waals surface area contributed by atoms with Crippen LogP contribution < -0.4 is 15.9 Å². The molecule has 0 aliphatic heterocycles. The molecule has 9 aromatic rings. The lowest BCUT2D eigenvalue weighted by molar-refractivity contribution is 0.592. The summed E-state index contributed by atoms with van der Waals surface area (Å²) in [5.74, 6) is 0. The van der Waals surface area contributed by atoms with E-state index in [1.165, 1.54) is 48.7 Å². The van der Waals surface area contributed by atoms with Crippen molar-refractivity contribution in [1.82, 2.24) is 0 Å². The fourth-order valence-corrected chi connectivity index (χ4v) is 10.2. The van der Waals surface area contributed by atoms with Crippen LogP contribution in [-0.2, 0) is 4.57 Å². The standard InChI is InChI=1S/C44H29OP/c45-46(35-15-2-1-3-16-35,42-20-10-14-30-11-5-8-18-38(30)42)36-26-23-33(24-27-36)43-40-28-25-31-12-4-7-17-37(31)41(40)29-34-22-21-32-13-6-9-19-39(32)44(34)43/h1-29H. The highest BCUT2D eigenvalue weighted by Gasteiger charge is 2.31. The number of hydrogen-bond acceptors (Lipinski definition) is 1. The van der Waals surface area contributed by atoms with E-state index in [2.05, 4.69) is 121 Å². The van der Waals surface area contributed by atoms with Gasteiger partial charge in [-0.05, 0) is 71.1 Å². The first kappa shape index (κ1) is 26.9. The Morgan fingerprint density at radius 1 is 0.348 bits per heavy atom. The summed E-state index contributed by atoms with van der Waals surface area (Å²) in [5.41, 5.74) is 2.32. The molecule has 0 amide bonds. The molecule has 0 spiro atoms. The average Bonchev–Trinajstić information content (AvgIpc) is 3.13. The van der Waals surface area contributed by atoms with Crippen LogP contribution in [0.3, 0.4) is 0 Å². The molecule has 0 fully saturated rings. The second-order valence-corrected chi connectivity index (χ2v) is 14.7. The SMILES string of the molecule is O=P(c1ccccc1)(c1ccc(-c2c3ccc4ccccc4c3cc3ccc4ccccc4c23)cc1)c1cccc2ccccc12. The van der Waals surface area contributed by atoms with Gasteiger partial charge in [0.25, 0.3) is 0 Å². The summed E-state index contributed by atoms with van der Waals surface area (Å²) < 4.78 is 15.6. The zero-order valence-electron chi connectivity index (χ0n) is 25.1. The third-order valence-corrected chi connectivity index (χ3v) is 12.6. The number of fused-ring (bicyclic) bond motifs is 7. The molecule has 0 heterocycles. The summed E-state index contributed by atoms with van der Waals surface area (Å²) in [6, 6.07) is 61.5. The third-order valence-electron chi connectivity index (χ3n) is 9.50. The first-order valence-electron chi connectivity index (χ1n) is 15.7. The average molecular weight is 605 g/mol. The zero-order valence-corrected chi connectivity index (χ0v) is 26.0. The van der Waals surface area contributed by atoms with Gasteiger partial charge in [-0.1, -0.05) is 170 Å². The Morgan fingerprint density at radius 2 is 0.891 bits per heavy atom. The Bertz CT molecular complexity index is 2650. The van der Waals surface area contributed by atoms with E-state index in [4.69, 9.17) is 0 Å². The van der Waals surface area contributed by atoms with Crippen molar-refractivity contribution in [2.45, 2.75) is 0 Å². The molecular formula is C44H29OP. The highest BCUT2D eigenvalue weighted by molar-refractivity contribution is 7.85. The Morgan fingerprint density at radius 3 is 1.65 bits per heavy atom. The maximum absolute atomic E-state index is 15.6. The molecule has 0 aliphatic carbocycles. The molecule has 0 radical (unpaired) electrons. The van der Waals surface area contributed by atoms with Crippen molar-refractivity contribution in [3.05, 3.63) is 176 Å². The fraction of sp³-hybridized carbons (Fsp3) is 0. The molecule has 0 bridgehead atoms. The van der Waals surface area contributed by atoms with E-state index in [1.807, 2.05) is 54.6 Å². The predicted molar refractivity (Wildman–Crippen MR) is 199 cm³/mol.